The third kappa shape index (κ3) is 3.78. The van der Waals surface area contributed by atoms with Crippen LogP contribution in [0.2, 0.25) is 0 Å². The van der Waals surface area contributed by atoms with Gasteiger partial charge >= 0.3 is 5.97 Å². The van der Waals surface area contributed by atoms with Crippen LogP contribution in [0, 0.1) is 0 Å². The van der Waals surface area contributed by atoms with E-state index in [1.54, 1.807) is 30.3 Å². The van der Waals surface area contributed by atoms with E-state index in [9.17, 15) is 9.59 Å². The summed E-state index contributed by atoms with van der Waals surface area (Å²) in [5, 5.41) is 3.89. The molecule has 0 aliphatic rings. The number of methoxy groups -OCH3 is 1. The molecule has 2 aromatic carbocycles. The van der Waals surface area contributed by atoms with Crippen molar-refractivity contribution in [1.29, 1.82) is 0 Å². The Morgan fingerprint density at radius 2 is 2.04 bits per heavy atom. The Labute approximate surface area is 167 Å². The zero-order valence-corrected chi connectivity index (χ0v) is 16.3. The molecule has 4 N–H and O–H groups in total. The highest BCUT2D eigenvalue weighted by atomic mass is 32.2. The number of thioether (sulfide) groups is 1. The number of nitrogens with one attached hydrogen (secondary N) is 2. The van der Waals surface area contributed by atoms with Gasteiger partial charge < -0.3 is 20.8 Å². The van der Waals surface area contributed by atoms with E-state index in [0.29, 0.717) is 27.1 Å². The minimum Gasteiger partial charge on any atom is -0.465 e. The molecule has 0 radical (unpaired) electrons. The average molecular weight is 413 g/mol. The Hall–Kier alpha value is -3.11. The molecule has 0 atom stereocenters. The lowest BCUT2D eigenvalue weighted by atomic mass is 10.2. The number of anilines is 2. The number of esters is 1. The fourth-order valence-corrected chi connectivity index (χ4v) is 4.19. The van der Waals surface area contributed by atoms with E-state index in [-0.39, 0.29) is 11.7 Å². The van der Waals surface area contributed by atoms with Crippen LogP contribution in [0.25, 0.3) is 21.3 Å². The highest BCUT2D eigenvalue weighted by Crippen LogP contribution is 2.27. The fourth-order valence-electron chi connectivity index (χ4n) is 2.58. The smallest absolute Gasteiger partial charge is 0.337 e. The predicted molar refractivity (Wildman–Crippen MR) is 111 cm³/mol. The molecule has 0 bridgehead atoms. The first-order valence-electron chi connectivity index (χ1n) is 8.18. The Morgan fingerprint density at radius 3 is 2.86 bits per heavy atom. The molecule has 0 unspecified atom stereocenters. The van der Waals surface area contributed by atoms with Crippen molar-refractivity contribution in [2.75, 3.05) is 23.9 Å². The first kappa shape index (κ1) is 18.3. The number of nitrogens with zero attached hydrogens (tertiary/aromatic N) is 2. The lowest BCUT2D eigenvalue weighted by molar-refractivity contribution is -0.113. The minimum atomic E-state index is -0.412. The average Bonchev–Trinajstić information content (AvgIpc) is 3.27. The predicted octanol–water partition coefficient (Wildman–Crippen LogP) is 3.27. The number of amides is 1. The van der Waals surface area contributed by atoms with Crippen LogP contribution in [-0.4, -0.2) is 39.7 Å². The number of fused-ring (bicyclic) bond motifs is 2. The van der Waals surface area contributed by atoms with E-state index in [1.165, 1.54) is 30.2 Å². The van der Waals surface area contributed by atoms with Crippen molar-refractivity contribution >= 4 is 67.0 Å². The number of benzene rings is 2. The summed E-state index contributed by atoms with van der Waals surface area (Å²) in [6.07, 6.45) is 0. The molecule has 0 fully saturated rings. The maximum Gasteiger partial charge on any atom is 0.337 e. The monoisotopic (exact) mass is 413 g/mol. The molecule has 4 aromatic rings. The maximum atomic E-state index is 12.3. The third-order valence-electron chi connectivity index (χ3n) is 3.88. The highest BCUT2D eigenvalue weighted by molar-refractivity contribution is 7.99. The molecule has 0 spiro atoms. The van der Waals surface area contributed by atoms with Crippen LogP contribution in [0.1, 0.15) is 10.4 Å². The van der Waals surface area contributed by atoms with Crippen LogP contribution >= 0.6 is 23.1 Å². The molecular weight excluding hydrogens is 398 g/mol. The number of carbonyl (C=O) groups excluding carboxylic acids is 2. The second-order valence-electron chi connectivity index (χ2n) is 5.85. The van der Waals surface area contributed by atoms with Crippen molar-refractivity contribution in [3.05, 3.63) is 42.0 Å². The summed E-state index contributed by atoms with van der Waals surface area (Å²) in [6.45, 7) is 0. The van der Waals surface area contributed by atoms with Crippen molar-refractivity contribution in [2.24, 2.45) is 0 Å². The van der Waals surface area contributed by atoms with Gasteiger partial charge in [0.1, 0.15) is 0 Å². The van der Waals surface area contributed by atoms with E-state index >= 15 is 0 Å². The number of thiazole rings is 1. The summed E-state index contributed by atoms with van der Waals surface area (Å²) in [5.74, 6) is -0.430. The number of imidazole rings is 1. The van der Waals surface area contributed by atoms with Gasteiger partial charge in [0.05, 0.1) is 39.7 Å². The number of nitrogen functional groups attached to an aromatic ring is 1. The fraction of sp³-hybridized carbons (Fsp3) is 0.111. The van der Waals surface area contributed by atoms with Gasteiger partial charge in [-0.2, -0.15) is 0 Å². The summed E-state index contributed by atoms with van der Waals surface area (Å²) in [4.78, 5) is 35.8. The second kappa shape index (κ2) is 7.49. The topological polar surface area (TPSA) is 123 Å². The molecule has 8 nitrogen and oxygen atoms in total. The Morgan fingerprint density at radius 1 is 1.21 bits per heavy atom. The van der Waals surface area contributed by atoms with E-state index in [0.717, 1.165) is 15.7 Å². The van der Waals surface area contributed by atoms with E-state index < -0.39 is 5.97 Å². The molecule has 142 valence electrons. The van der Waals surface area contributed by atoms with Crippen molar-refractivity contribution in [1.82, 2.24) is 15.0 Å². The number of H-pyrrole nitrogens is 1. The van der Waals surface area contributed by atoms with Gasteiger partial charge in [-0.1, -0.05) is 23.1 Å². The standard InChI is InChI=1S/C18H15N5O3S2/c1-26-16(25)9-2-4-12-14(6-9)28-18(21-12)23-15(24)8-27-17-20-11-5-3-10(19)7-13(11)22-17/h2-7H,8,19H2,1H3,(H,20,22)(H,21,23,24). The van der Waals surface area contributed by atoms with E-state index in [2.05, 4.69) is 20.3 Å². The van der Waals surface area contributed by atoms with E-state index in [1.807, 2.05) is 6.07 Å². The first-order chi connectivity index (χ1) is 13.5. The summed E-state index contributed by atoms with van der Waals surface area (Å²) < 4.78 is 5.51. The second-order valence-corrected chi connectivity index (χ2v) is 7.84. The SMILES string of the molecule is COC(=O)c1ccc2nc(NC(=O)CSc3nc4ccc(N)cc4[nH]3)sc2c1. The van der Waals surface area contributed by atoms with Gasteiger partial charge in [0, 0.05) is 5.69 Å². The number of carbonyl (C=O) groups is 2. The number of aromatic amines is 1. The lowest BCUT2D eigenvalue weighted by Crippen LogP contribution is -2.13. The van der Waals surface area contributed by atoms with Crippen LogP contribution in [0.5, 0.6) is 0 Å². The summed E-state index contributed by atoms with van der Waals surface area (Å²) >= 11 is 2.59. The third-order valence-corrected chi connectivity index (χ3v) is 5.69. The van der Waals surface area contributed by atoms with Crippen LogP contribution < -0.4 is 11.1 Å². The molecule has 0 aliphatic carbocycles. The molecule has 2 heterocycles. The molecule has 2 aromatic heterocycles. The summed E-state index contributed by atoms with van der Waals surface area (Å²) in [7, 11) is 1.33. The van der Waals surface area contributed by atoms with Crippen molar-refractivity contribution < 1.29 is 14.3 Å². The van der Waals surface area contributed by atoms with Crippen LogP contribution in [0.4, 0.5) is 10.8 Å². The molecule has 10 heteroatoms. The number of rotatable bonds is 5. The number of nitrogens with two attached hydrogens (primary N) is 1. The number of hydrogen-bond acceptors (Lipinski definition) is 8. The van der Waals surface area contributed by atoms with Gasteiger partial charge in [-0.25, -0.2) is 14.8 Å². The van der Waals surface area contributed by atoms with Gasteiger partial charge in [0.25, 0.3) is 0 Å². The quantitative estimate of drug-likeness (QED) is 0.261. The van der Waals surface area contributed by atoms with Gasteiger partial charge in [-0.15, -0.1) is 0 Å². The summed E-state index contributed by atoms with van der Waals surface area (Å²) in [5.41, 5.74) is 9.18. The van der Waals surface area contributed by atoms with Crippen molar-refractivity contribution in [3.8, 4) is 0 Å². The Kier molecular flexibility index (Phi) is 4.88. The van der Waals surface area contributed by atoms with Crippen LogP contribution in [0.15, 0.2) is 41.6 Å². The normalized spacial score (nSPS) is 11.0. The number of hydrogen-bond donors (Lipinski definition) is 3. The zero-order chi connectivity index (χ0) is 19.7. The number of ether oxygens (including phenoxy) is 1. The summed E-state index contributed by atoms with van der Waals surface area (Å²) in [6, 6.07) is 10.5. The lowest BCUT2D eigenvalue weighted by Gasteiger charge is -1.99. The highest BCUT2D eigenvalue weighted by Gasteiger charge is 2.12. The van der Waals surface area contributed by atoms with Gasteiger partial charge in [-0.05, 0) is 36.4 Å². The number of aromatic nitrogens is 3. The molecule has 0 aliphatic heterocycles. The molecule has 28 heavy (non-hydrogen) atoms. The van der Waals surface area contributed by atoms with Crippen molar-refractivity contribution in [3.63, 3.8) is 0 Å². The zero-order valence-electron chi connectivity index (χ0n) is 14.7. The molecule has 0 saturated heterocycles. The molecular formula is C18H15N5O3S2. The Balaban J connectivity index is 1.42. The Bertz CT molecular complexity index is 1200. The van der Waals surface area contributed by atoms with E-state index in [4.69, 9.17) is 10.5 Å². The molecule has 4 rings (SSSR count). The molecule has 0 saturated carbocycles. The van der Waals surface area contributed by atoms with Crippen molar-refractivity contribution in [2.45, 2.75) is 5.16 Å². The van der Waals surface area contributed by atoms with Gasteiger partial charge in [0.15, 0.2) is 10.3 Å². The minimum absolute atomic E-state index is 0.179. The van der Waals surface area contributed by atoms with Gasteiger partial charge in [-0.3, -0.25) is 4.79 Å². The maximum absolute atomic E-state index is 12.3. The van der Waals surface area contributed by atoms with Crippen LogP contribution in [-0.2, 0) is 9.53 Å². The largest absolute Gasteiger partial charge is 0.465 e. The first-order valence-corrected chi connectivity index (χ1v) is 9.99. The van der Waals surface area contributed by atoms with Crippen LogP contribution in [0.3, 0.4) is 0 Å². The van der Waals surface area contributed by atoms with Gasteiger partial charge in [0.2, 0.25) is 5.91 Å². The molecule has 1 amide bonds.